The fraction of sp³-hybridized carbons (Fsp3) is 0.562. The van der Waals surface area contributed by atoms with Crippen LogP contribution in [0.25, 0.3) is 0 Å². The summed E-state index contributed by atoms with van der Waals surface area (Å²) in [6.45, 7) is 1.27. The molecular formula is C16H23NO4. The highest BCUT2D eigenvalue weighted by Gasteiger charge is 2.39. The summed E-state index contributed by atoms with van der Waals surface area (Å²) >= 11 is 0. The highest BCUT2D eigenvalue weighted by molar-refractivity contribution is 5.81. The number of aliphatic carboxylic acids is 1. The van der Waals surface area contributed by atoms with E-state index in [0.29, 0.717) is 12.2 Å². The Morgan fingerprint density at radius 3 is 2.76 bits per heavy atom. The van der Waals surface area contributed by atoms with Crippen LogP contribution in [0.2, 0.25) is 0 Å². The zero-order valence-corrected chi connectivity index (χ0v) is 12.4. The van der Waals surface area contributed by atoms with Crippen molar-refractivity contribution in [1.29, 1.82) is 0 Å². The number of hydrogen-bond donors (Lipinski definition) is 2. The van der Waals surface area contributed by atoms with Crippen LogP contribution in [0.5, 0.6) is 0 Å². The quantitative estimate of drug-likeness (QED) is 0.802. The van der Waals surface area contributed by atoms with Crippen LogP contribution in [-0.4, -0.2) is 44.0 Å². The molecule has 1 aliphatic rings. The second-order valence-electron chi connectivity index (χ2n) is 5.33. The molecule has 2 unspecified atom stereocenters. The van der Waals surface area contributed by atoms with Crippen molar-refractivity contribution in [3.63, 3.8) is 0 Å². The standard InChI is InChI=1S/C16H23NO4/c1-17-16(15(18)19,13-7-3-2-4-8-13)12-20-11-14-9-5-6-10-21-14/h2-4,7-8,14,17H,5-6,9-12H2,1H3,(H,18,19). The lowest BCUT2D eigenvalue weighted by Gasteiger charge is -2.30. The van der Waals surface area contributed by atoms with E-state index in [1.165, 1.54) is 0 Å². The topological polar surface area (TPSA) is 67.8 Å². The zero-order valence-electron chi connectivity index (χ0n) is 12.4. The highest BCUT2D eigenvalue weighted by Crippen LogP contribution is 2.22. The summed E-state index contributed by atoms with van der Waals surface area (Å²) < 4.78 is 11.3. The van der Waals surface area contributed by atoms with E-state index in [1.54, 1.807) is 19.2 Å². The molecule has 0 saturated carbocycles. The molecule has 116 valence electrons. The third-order valence-corrected chi connectivity index (χ3v) is 3.95. The van der Waals surface area contributed by atoms with E-state index in [2.05, 4.69) is 5.32 Å². The Labute approximate surface area is 125 Å². The van der Waals surface area contributed by atoms with E-state index in [1.807, 2.05) is 18.2 Å². The molecule has 0 amide bonds. The molecule has 0 radical (unpaired) electrons. The molecule has 2 rings (SSSR count). The Morgan fingerprint density at radius 2 is 2.19 bits per heavy atom. The Balaban J connectivity index is 2.01. The van der Waals surface area contributed by atoms with Crippen molar-refractivity contribution < 1.29 is 19.4 Å². The normalized spacial score (nSPS) is 21.7. The van der Waals surface area contributed by atoms with Gasteiger partial charge in [-0.1, -0.05) is 30.3 Å². The van der Waals surface area contributed by atoms with E-state index in [9.17, 15) is 9.90 Å². The largest absolute Gasteiger partial charge is 0.480 e. The smallest absolute Gasteiger partial charge is 0.330 e. The number of benzene rings is 1. The number of carbonyl (C=O) groups is 1. The molecule has 2 N–H and O–H groups in total. The van der Waals surface area contributed by atoms with Crippen molar-refractivity contribution in [3.8, 4) is 0 Å². The van der Waals surface area contributed by atoms with Gasteiger partial charge in [0.1, 0.15) is 0 Å². The summed E-state index contributed by atoms with van der Waals surface area (Å²) in [4.78, 5) is 11.8. The van der Waals surface area contributed by atoms with Crippen LogP contribution >= 0.6 is 0 Å². The molecule has 1 heterocycles. The van der Waals surface area contributed by atoms with E-state index < -0.39 is 11.5 Å². The minimum absolute atomic E-state index is 0.0721. The van der Waals surface area contributed by atoms with Gasteiger partial charge in [-0.05, 0) is 31.9 Å². The summed E-state index contributed by atoms with van der Waals surface area (Å²) in [6, 6.07) is 9.11. The van der Waals surface area contributed by atoms with Gasteiger partial charge in [-0.15, -0.1) is 0 Å². The average molecular weight is 293 g/mol. The first kappa shape index (κ1) is 15.9. The minimum atomic E-state index is -1.23. The number of carboxylic acids is 1. The highest BCUT2D eigenvalue weighted by atomic mass is 16.5. The van der Waals surface area contributed by atoms with Crippen LogP contribution in [0.4, 0.5) is 0 Å². The Bertz CT molecular complexity index is 445. The second-order valence-corrected chi connectivity index (χ2v) is 5.33. The van der Waals surface area contributed by atoms with Gasteiger partial charge in [0.15, 0.2) is 5.54 Å². The summed E-state index contributed by atoms with van der Waals surface area (Å²) in [6.07, 6.45) is 3.29. The summed E-state index contributed by atoms with van der Waals surface area (Å²) in [5.74, 6) is -0.944. The third kappa shape index (κ3) is 3.81. The minimum Gasteiger partial charge on any atom is -0.480 e. The molecule has 0 aromatic heterocycles. The molecule has 1 aromatic rings. The lowest BCUT2D eigenvalue weighted by molar-refractivity contribution is -0.149. The molecule has 1 aliphatic heterocycles. The maximum atomic E-state index is 11.8. The molecule has 1 saturated heterocycles. The fourth-order valence-corrected chi connectivity index (χ4v) is 2.60. The molecule has 0 aliphatic carbocycles. The predicted octanol–water partition coefficient (Wildman–Crippen LogP) is 1.77. The summed E-state index contributed by atoms with van der Waals surface area (Å²) in [5, 5.41) is 12.5. The molecule has 0 spiro atoms. The van der Waals surface area contributed by atoms with Gasteiger partial charge in [0, 0.05) is 6.61 Å². The average Bonchev–Trinajstić information content (AvgIpc) is 2.53. The molecule has 5 nitrogen and oxygen atoms in total. The van der Waals surface area contributed by atoms with Crippen LogP contribution in [0.15, 0.2) is 30.3 Å². The van der Waals surface area contributed by atoms with Gasteiger partial charge in [0.25, 0.3) is 0 Å². The third-order valence-electron chi connectivity index (χ3n) is 3.95. The number of hydrogen-bond acceptors (Lipinski definition) is 4. The molecule has 2 atom stereocenters. The molecule has 0 bridgehead atoms. The Hall–Kier alpha value is -1.43. The van der Waals surface area contributed by atoms with Gasteiger partial charge in [-0.2, -0.15) is 0 Å². The first-order chi connectivity index (χ1) is 10.2. The first-order valence-corrected chi connectivity index (χ1v) is 7.36. The van der Waals surface area contributed by atoms with E-state index in [0.717, 1.165) is 25.9 Å². The Morgan fingerprint density at radius 1 is 1.43 bits per heavy atom. The first-order valence-electron chi connectivity index (χ1n) is 7.36. The zero-order chi connectivity index (χ0) is 15.1. The number of carboxylic acid groups (broad SMARTS) is 1. The van der Waals surface area contributed by atoms with Crippen molar-refractivity contribution in [1.82, 2.24) is 5.32 Å². The number of likely N-dealkylation sites (N-methyl/N-ethyl adjacent to an activating group) is 1. The Kier molecular flexibility index (Phi) is 5.73. The molecule has 5 heteroatoms. The molecule has 1 aromatic carbocycles. The SMILES string of the molecule is CNC(COCC1CCCCO1)(C(=O)O)c1ccccc1. The van der Waals surface area contributed by atoms with Crippen molar-refractivity contribution in [3.05, 3.63) is 35.9 Å². The molecule has 21 heavy (non-hydrogen) atoms. The van der Waals surface area contributed by atoms with E-state index in [-0.39, 0.29) is 12.7 Å². The monoisotopic (exact) mass is 293 g/mol. The van der Waals surface area contributed by atoms with Crippen molar-refractivity contribution in [2.45, 2.75) is 30.9 Å². The lowest BCUT2D eigenvalue weighted by Crippen LogP contribution is -2.51. The lowest BCUT2D eigenvalue weighted by atomic mass is 9.91. The van der Waals surface area contributed by atoms with Crippen molar-refractivity contribution in [2.24, 2.45) is 0 Å². The van der Waals surface area contributed by atoms with Gasteiger partial charge in [0.2, 0.25) is 0 Å². The van der Waals surface area contributed by atoms with Crippen LogP contribution in [0.3, 0.4) is 0 Å². The van der Waals surface area contributed by atoms with Gasteiger partial charge in [-0.3, -0.25) is 5.32 Å². The summed E-state index contributed by atoms with van der Waals surface area (Å²) in [7, 11) is 1.64. The van der Waals surface area contributed by atoms with E-state index in [4.69, 9.17) is 9.47 Å². The number of nitrogens with one attached hydrogen (secondary N) is 1. The van der Waals surface area contributed by atoms with Crippen molar-refractivity contribution in [2.75, 3.05) is 26.9 Å². The molecule has 1 fully saturated rings. The number of ether oxygens (including phenoxy) is 2. The van der Waals surface area contributed by atoms with E-state index >= 15 is 0 Å². The maximum Gasteiger partial charge on any atom is 0.330 e. The van der Waals surface area contributed by atoms with Crippen LogP contribution in [0, 0.1) is 0 Å². The van der Waals surface area contributed by atoms with Gasteiger partial charge >= 0.3 is 5.97 Å². The fourth-order valence-electron chi connectivity index (χ4n) is 2.60. The second kappa shape index (κ2) is 7.54. The predicted molar refractivity (Wildman–Crippen MR) is 79.2 cm³/mol. The number of rotatable bonds is 7. The van der Waals surface area contributed by atoms with Crippen LogP contribution in [0.1, 0.15) is 24.8 Å². The van der Waals surface area contributed by atoms with Crippen LogP contribution < -0.4 is 5.32 Å². The van der Waals surface area contributed by atoms with Gasteiger partial charge < -0.3 is 14.6 Å². The maximum absolute atomic E-state index is 11.8. The van der Waals surface area contributed by atoms with Crippen LogP contribution in [-0.2, 0) is 19.8 Å². The van der Waals surface area contributed by atoms with Crippen molar-refractivity contribution >= 4 is 5.97 Å². The van der Waals surface area contributed by atoms with Gasteiger partial charge in [-0.25, -0.2) is 4.79 Å². The molecular weight excluding hydrogens is 270 g/mol. The summed E-state index contributed by atoms with van der Waals surface area (Å²) in [5.41, 5.74) is -0.541. The van der Waals surface area contributed by atoms with Gasteiger partial charge in [0.05, 0.1) is 19.3 Å².